The Morgan fingerprint density at radius 1 is 1.16 bits per heavy atom. The number of amides is 1. The predicted molar refractivity (Wildman–Crippen MR) is 94.1 cm³/mol. The van der Waals surface area contributed by atoms with Crippen molar-refractivity contribution < 1.29 is 13.6 Å². The average molecular weight is 349 g/mol. The zero-order valence-corrected chi connectivity index (χ0v) is 15.0. The number of carbonyl (C=O) groups is 1. The molecule has 2 rings (SSSR count). The molecule has 0 spiro atoms. The highest BCUT2D eigenvalue weighted by Gasteiger charge is 2.19. The first-order chi connectivity index (χ1) is 11.9. The van der Waals surface area contributed by atoms with Gasteiger partial charge in [0.1, 0.15) is 11.6 Å². The van der Waals surface area contributed by atoms with Crippen LogP contribution in [0.5, 0.6) is 0 Å². The normalized spacial score (nSPS) is 12.4. The van der Waals surface area contributed by atoms with Crippen molar-refractivity contribution in [3.05, 3.63) is 59.9 Å². The smallest absolute Gasteiger partial charge is 0.224 e. The lowest BCUT2D eigenvalue weighted by atomic mass is 10.1. The first-order valence-corrected chi connectivity index (χ1v) is 8.35. The molecular weight excluding hydrogens is 324 g/mol. The molecule has 1 unspecified atom stereocenters. The number of likely N-dealkylation sites (N-methyl/N-ethyl adjacent to an activating group) is 1. The summed E-state index contributed by atoms with van der Waals surface area (Å²) in [6.45, 7) is 3.27. The van der Waals surface area contributed by atoms with Gasteiger partial charge in [-0.3, -0.25) is 4.79 Å². The number of halogens is 2. The minimum Gasteiger partial charge on any atom is -0.351 e. The third kappa shape index (κ3) is 5.67. The van der Waals surface area contributed by atoms with Crippen LogP contribution >= 0.6 is 0 Å². The van der Waals surface area contributed by atoms with Gasteiger partial charge < -0.3 is 14.4 Å². The van der Waals surface area contributed by atoms with E-state index < -0.39 is 11.6 Å². The van der Waals surface area contributed by atoms with Gasteiger partial charge in [0.15, 0.2) is 0 Å². The van der Waals surface area contributed by atoms with E-state index in [1.165, 1.54) is 12.1 Å². The molecule has 136 valence electrons. The van der Waals surface area contributed by atoms with E-state index in [1.807, 2.05) is 55.0 Å². The third-order valence-corrected chi connectivity index (χ3v) is 4.15. The number of nitrogens with zero attached hydrogens (tertiary/aromatic N) is 3. The average Bonchev–Trinajstić information content (AvgIpc) is 3.07. The van der Waals surface area contributed by atoms with Crippen LogP contribution in [-0.2, 0) is 11.3 Å². The fourth-order valence-corrected chi connectivity index (χ4v) is 2.60. The summed E-state index contributed by atoms with van der Waals surface area (Å²) >= 11 is 0. The second-order valence-electron chi connectivity index (χ2n) is 6.54. The molecule has 0 saturated carbocycles. The lowest BCUT2D eigenvalue weighted by Gasteiger charge is -2.26. The monoisotopic (exact) mass is 349 g/mol. The number of hydrogen-bond donors (Lipinski definition) is 0. The Kier molecular flexibility index (Phi) is 6.70. The minimum atomic E-state index is -0.624. The standard InChI is InChI=1S/C19H25F2N3O/c1-15(23-8-4-5-9-23)12-19(25)24(11-10-22(2)3)14-16-6-7-17(20)13-18(16)21/h4-9,13,15H,10-12,14H2,1-3H3. The molecule has 0 N–H and O–H groups in total. The van der Waals surface area contributed by atoms with E-state index in [9.17, 15) is 13.6 Å². The maximum atomic E-state index is 14.0. The van der Waals surface area contributed by atoms with Gasteiger partial charge in [-0.15, -0.1) is 0 Å². The van der Waals surface area contributed by atoms with Gasteiger partial charge in [0.05, 0.1) is 0 Å². The minimum absolute atomic E-state index is 0.0161. The van der Waals surface area contributed by atoms with E-state index in [0.29, 0.717) is 25.1 Å². The molecule has 0 aliphatic heterocycles. The molecule has 1 atom stereocenters. The van der Waals surface area contributed by atoms with Crippen molar-refractivity contribution in [1.82, 2.24) is 14.4 Å². The van der Waals surface area contributed by atoms with Gasteiger partial charge in [-0.05, 0) is 39.2 Å². The summed E-state index contributed by atoms with van der Waals surface area (Å²) in [5.41, 5.74) is 0.321. The third-order valence-electron chi connectivity index (χ3n) is 4.15. The van der Waals surface area contributed by atoms with Gasteiger partial charge in [0.25, 0.3) is 0 Å². The number of aromatic nitrogens is 1. The zero-order chi connectivity index (χ0) is 18.4. The second-order valence-corrected chi connectivity index (χ2v) is 6.54. The highest BCUT2D eigenvalue weighted by atomic mass is 19.1. The summed E-state index contributed by atoms with van der Waals surface area (Å²) in [6.07, 6.45) is 4.16. The molecule has 2 aromatic rings. The fourth-order valence-electron chi connectivity index (χ4n) is 2.60. The summed E-state index contributed by atoms with van der Waals surface area (Å²) in [5.74, 6) is -1.29. The Balaban J connectivity index is 2.09. The van der Waals surface area contributed by atoms with E-state index in [2.05, 4.69) is 0 Å². The first-order valence-electron chi connectivity index (χ1n) is 8.35. The van der Waals surface area contributed by atoms with Crippen molar-refractivity contribution in [3.63, 3.8) is 0 Å². The van der Waals surface area contributed by atoms with Gasteiger partial charge in [-0.1, -0.05) is 6.07 Å². The lowest BCUT2D eigenvalue weighted by Crippen LogP contribution is -2.37. The van der Waals surface area contributed by atoms with Crippen LogP contribution in [-0.4, -0.2) is 47.5 Å². The van der Waals surface area contributed by atoms with Gasteiger partial charge in [-0.2, -0.15) is 0 Å². The molecule has 25 heavy (non-hydrogen) atoms. The van der Waals surface area contributed by atoms with E-state index in [1.54, 1.807) is 4.90 Å². The van der Waals surface area contributed by atoms with Crippen LogP contribution in [0.4, 0.5) is 8.78 Å². The SMILES string of the molecule is CC(CC(=O)N(CCN(C)C)Cc1ccc(F)cc1F)n1cccc1. The van der Waals surface area contributed by atoms with Crippen molar-refractivity contribution in [2.75, 3.05) is 27.2 Å². The summed E-state index contributed by atoms with van der Waals surface area (Å²) in [4.78, 5) is 16.3. The summed E-state index contributed by atoms with van der Waals surface area (Å²) in [6, 6.07) is 7.32. The van der Waals surface area contributed by atoms with E-state index in [4.69, 9.17) is 0 Å². The molecule has 1 aromatic carbocycles. The topological polar surface area (TPSA) is 28.5 Å². The van der Waals surface area contributed by atoms with Crippen LogP contribution in [0.25, 0.3) is 0 Å². The van der Waals surface area contributed by atoms with Crippen LogP contribution in [0.15, 0.2) is 42.7 Å². The second kappa shape index (κ2) is 8.76. The number of carbonyl (C=O) groups excluding carboxylic acids is 1. The maximum Gasteiger partial charge on any atom is 0.224 e. The van der Waals surface area contributed by atoms with Gasteiger partial charge in [0, 0.05) is 56.1 Å². The van der Waals surface area contributed by atoms with Crippen molar-refractivity contribution in [3.8, 4) is 0 Å². The molecule has 0 aliphatic carbocycles. The Morgan fingerprint density at radius 2 is 1.84 bits per heavy atom. The maximum absolute atomic E-state index is 14.0. The quantitative estimate of drug-likeness (QED) is 0.731. The van der Waals surface area contributed by atoms with Crippen molar-refractivity contribution in [2.24, 2.45) is 0 Å². The Hall–Kier alpha value is -2.21. The van der Waals surface area contributed by atoms with Crippen LogP contribution < -0.4 is 0 Å². The van der Waals surface area contributed by atoms with Crippen molar-refractivity contribution in [1.29, 1.82) is 0 Å². The molecule has 0 aliphatic rings. The van der Waals surface area contributed by atoms with E-state index in [0.717, 1.165) is 6.07 Å². The molecule has 0 saturated heterocycles. The molecule has 0 radical (unpaired) electrons. The molecule has 0 fully saturated rings. The number of hydrogen-bond acceptors (Lipinski definition) is 2. The Bertz CT molecular complexity index is 686. The molecular formula is C19H25F2N3O. The zero-order valence-electron chi connectivity index (χ0n) is 15.0. The molecule has 4 nitrogen and oxygen atoms in total. The van der Waals surface area contributed by atoms with Crippen molar-refractivity contribution >= 4 is 5.91 Å². The Morgan fingerprint density at radius 3 is 2.44 bits per heavy atom. The highest BCUT2D eigenvalue weighted by molar-refractivity contribution is 5.76. The molecule has 6 heteroatoms. The van der Waals surface area contributed by atoms with Gasteiger partial charge in [0.2, 0.25) is 5.91 Å². The summed E-state index contributed by atoms with van der Waals surface area (Å²) < 4.78 is 29.0. The predicted octanol–water partition coefficient (Wildman–Crippen LogP) is 3.31. The molecule has 1 amide bonds. The van der Waals surface area contributed by atoms with E-state index in [-0.39, 0.29) is 18.5 Å². The Labute approximate surface area is 147 Å². The summed E-state index contributed by atoms with van der Waals surface area (Å²) in [5, 5.41) is 0. The fraction of sp³-hybridized carbons (Fsp3) is 0.421. The molecule has 0 bridgehead atoms. The lowest BCUT2D eigenvalue weighted by molar-refractivity contribution is -0.132. The first kappa shape index (κ1) is 19.1. The number of benzene rings is 1. The van der Waals surface area contributed by atoms with Crippen LogP contribution in [0.3, 0.4) is 0 Å². The van der Waals surface area contributed by atoms with Crippen molar-refractivity contribution in [2.45, 2.75) is 25.9 Å². The largest absolute Gasteiger partial charge is 0.351 e. The van der Waals surface area contributed by atoms with Crippen LogP contribution in [0.1, 0.15) is 24.9 Å². The van der Waals surface area contributed by atoms with E-state index >= 15 is 0 Å². The highest BCUT2D eigenvalue weighted by Crippen LogP contribution is 2.16. The van der Waals surface area contributed by atoms with Gasteiger partial charge >= 0.3 is 0 Å². The molecule has 1 heterocycles. The van der Waals surface area contributed by atoms with Crippen LogP contribution in [0.2, 0.25) is 0 Å². The molecule has 1 aromatic heterocycles. The van der Waals surface area contributed by atoms with Gasteiger partial charge in [-0.25, -0.2) is 8.78 Å². The van der Waals surface area contributed by atoms with Crippen LogP contribution in [0, 0.1) is 11.6 Å². The number of rotatable bonds is 8. The summed E-state index contributed by atoms with van der Waals surface area (Å²) in [7, 11) is 3.84.